The number of benzene rings is 2. The van der Waals surface area contributed by atoms with Gasteiger partial charge in [0, 0.05) is 31.6 Å². The average Bonchev–Trinajstić information content (AvgIpc) is 2.72. The van der Waals surface area contributed by atoms with E-state index < -0.39 is 5.91 Å². The maximum absolute atomic E-state index is 12.5. The van der Waals surface area contributed by atoms with Crippen molar-refractivity contribution < 1.29 is 19.1 Å². The molecule has 28 heavy (non-hydrogen) atoms. The van der Waals surface area contributed by atoms with E-state index >= 15 is 0 Å². The molecule has 3 N–H and O–H groups in total. The van der Waals surface area contributed by atoms with Crippen LogP contribution in [0.1, 0.15) is 27.9 Å². The van der Waals surface area contributed by atoms with Crippen molar-refractivity contribution in [1.29, 1.82) is 0 Å². The highest BCUT2D eigenvalue weighted by atomic mass is 16.6. The predicted molar refractivity (Wildman–Crippen MR) is 103 cm³/mol. The largest absolute Gasteiger partial charge is 0.486 e. The van der Waals surface area contributed by atoms with Crippen LogP contribution in [-0.4, -0.2) is 42.6 Å². The summed E-state index contributed by atoms with van der Waals surface area (Å²) in [7, 11) is 0. The summed E-state index contributed by atoms with van der Waals surface area (Å²) >= 11 is 0. The molecule has 1 unspecified atom stereocenters. The molecule has 2 aliphatic rings. The molecular formula is C21H23N3O4. The topological polar surface area (TPSA) is 93.9 Å². The lowest BCUT2D eigenvalue weighted by molar-refractivity contribution is 0.0848. The number of nitrogens with one attached hydrogen (secondary N) is 1. The van der Waals surface area contributed by atoms with E-state index in [0.29, 0.717) is 44.6 Å². The molecule has 146 valence electrons. The maximum Gasteiger partial charge on any atom is 0.317 e. The highest BCUT2D eigenvalue weighted by molar-refractivity contribution is 5.94. The summed E-state index contributed by atoms with van der Waals surface area (Å²) in [5.74, 6) is 1.07. The Balaban J connectivity index is 1.28. The fourth-order valence-corrected chi connectivity index (χ4v) is 3.67. The lowest BCUT2D eigenvalue weighted by atomic mass is 9.94. The lowest BCUT2D eigenvalue weighted by Gasteiger charge is -2.30. The number of amides is 3. The molecule has 2 aromatic rings. The van der Waals surface area contributed by atoms with Crippen LogP contribution >= 0.6 is 0 Å². The van der Waals surface area contributed by atoms with Crippen molar-refractivity contribution in [3.8, 4) is 11.5 Å². The lowest BCUT2D eigenvalue weighted by Crippen LogP contribution is -2.44. The average molecular weight is 381 g/mol. The van der Waals surface area contributed by atoms with Crippen LogP contribution in [0, 0.1) is 0 Å². The second-order valence-corrected chi connectivity index (χ2v) is 7.00. The van der Waals surface area contributed by atoms with Crippen molar-refractivity contribution in [2.24, 2.45) is 5.73 Å². The number of fused-ring (bicyclic) bond motifs is 2. The number of primary amides is 1. The Bertz CT molecular complexity index is 899. The van der Waals surface area contributed by atoms with Gasteiger partial charge in [-0.2, -0.15) is 0 Å². The van der Waals surface area contributed by atoms with Crippen molar-refractivity contribution in [2.45, 2.75) is 25.5 Å². The molecule has 0 spiro atoms. The maximum atomic E-state index is 12.5. The first-order valence-corrected chi connectivity index (χ1v) is 9.43. The number of para-hydroxylation sites is 2. The molecule has 2 heterocycles. The zero-order chi connectivity index (χ0) is 19.5. The zero-order valence-electron chi connectivity index (χ0n) is 15.5. The standard InChI is InChI=1S/C21H23N3O4/c22-20(25)17-5-3-4-14-12-24(11-9-16(14)17)21(26)23-10-8-15-13-27-18-6-1-2-7-19(18)28-15/h1-7,15H,8-13H2,(H2,22,25)(H,23,26). The van der Waals surface area contributed by atoms with Gasteiger partial charge in [-0.15, -0.1) is 0 Å². The van der Waals surface area contributed by atoms with E-state index in [2.05, 4.69) is 5.32 Å². The van der Waals surface area contributed by atoms with Gasteiger partial charge in [0.1, 0.15) is 12.7 Å². The van der Waals surface area contributed by atoms with Gasteiger partial charge in [0.15, 0.2) is 11.5 Å². The van der Waals surface area contributed by atoms with E-state index in [0.717, 1.165) is 22.6 Å². The van der Waals surface area contributed by atoms with Crippen molar-refractivity contribution in [3.05, 3.63) is 59.2 Å². The fraction of sp³-hybridized carbons (Fsp3) is 0.333. The van der Waals surface area contributed by atoms with Gasteiger partial charge in [-0.05, 0) is 35.7 Å². The van der Waals surface area contributed by atoms with Crippen LogP contribution in [0.2, 0.25) is 0 Å². The normalized spacial score (nSPS) is 17.6. The van der Waals surface area contributed by atoms with Gasteiger partial charge in [-0.1, -0.05) is 24.3 Å². The van der Waals surface area contributed by atoms with E-state index in [1.807, 2.05) is 30.3 Å². The van der Waals surface area contributed by atoms with E-state index in [9.17, 15) is 9.59 Å². The Kier molecular flexibility index (Phi) is 5.06. The second kappa shape index (κ2) is 7.80. The number of ether oxygens (including phenoxy) is 2. The Morgan fingerprint density at radius 1 is 1.14 bits per heavy atom. The first kappa shape index (κ1) is 18.2. The first-order valence-electron chi connectivity index (χ1n) is 9.43. The number of rotatable bonds is 4. The van der Waals surface area contributed by atoms with E-state index in [1.165, 1.54) is 0 Å². The number of nitrogens with zero attached hydrogens (tertiary/aromatic N) is 1. The van der Waals surface area contributed by atoms with E-state index in [-0.39, 0.29) is 12.1 Å². The Morgan fingerprint density at radius 3 is 2.79 bits per heavy atom. The summed E-state index contributed by atoms with van der Waals surface area (Å²) in [5, 5.41) is 2.95. The summed E-state index contributed by atoms with van der Waals surface area (Å²) in [6, 6.07) is 12.9. The van der Waals surface area contributed by atoms with E-state index in [4.69, 9.17) is 15.2 Å². The summed E-state index contributed by atoms with van der Waals surface area (Å²) in [6.45, 7) is 2.00. The minimum Gasteiger partial charge on any atom is -0.486 e. The number of carbonyl (C=O) groups is 2. The van der Waals surface area contributed by atoms with Gasteiger partial charge < -0.3 is 25.4 Å². The van der Waals surface area contributed by atoms with Gasteiger partial charge in [0.05, 0.1) is 0 Å². The molecule has 7 heteroatoms. The van der Waals surface area contributed by atoms with Crippen LogP contribution in [0.25, 0.3) is 0 Å². The summed E-state index contributed by atoms with van der Waals surface area (Å²) in [4.78, 5) is 25.8. The van der Waals surface area contributed by atoms with E-state index in [1.54, 1.807) is 17.0 Å². The Morgan fingerprint density at radius 2 is 1.96 bits per heavy atom. The molecule has 2 aromatic carbocycles. The Hall–Kier alpha value is -3.22. The number of hydrogen-bond donors (Lipinski definition) is 2. The molecule has 0 saturated carbocycles. The van der Waals surface area contributed by atoms with Crippen LogP contribution in [-0.2, 0) is 13.0 Å². The summed E-state index contributed by atoms with van der Waals surface area (Å²) in [5.41, 5.74) is 7.91. The van der Waals surface area contributed by atoms with Crippen molar-refractivity contribution in [3.63, 3.8) is 0 Å². The highest BCUT2D eigenvalue weighted by Gasteiger charge is 2.24. The minimum absolute atomic E-state index is 0.0876. The van der Waals surface area contributed by atoms with Crippen molar-refractivity contribution in [1.82, 2.24) is 10.2 Å². The molecule has 7 nitrogen and oxygen atoms in total. The number of hydrogen-bond acceptors (Lipinski definition) is 4. The third-order valence-corrected chi connectivity index (χ3v) is 5.13. The molecular weight excluding hydrogens is 358 g/mol. The van der Waals surface area contributed by atoms with Crippen molar-refractivity contribution in [2.75, 3.05) is 19.7 Å². The van der Waals surface area contributed by atoms with Gasteiger partial charge in [-0.25, -0.2) is 4.79 Å². The van der Waals surface area contributed by atoms with Gasteiger partial charge in [0.2, 0.25) is 5.91 Å². The second-order valence-electron chi connectivity index (χ2n) is 7.00. The minimum atomic E-state index is -0.425. The molecule has 0 aliphatic carbocycles. The van der Waals surface area contributed by atoms with Crippen LogP contribution in [0.5, 0.6) is 11.5 Å². The molecule has 3 amide bonds. The molecule has 1 atom stereocenters. The Labute approximate surface area is 163 Å². The molecule has 2 aliphatic heterocycles. The third kappa shape index (κ3) is 3.74. The third-order valence-electron chi connectivity index (χ3n) is 5.13. The predicted octanol–water partition coefficient (Wildman–Crippen LogP) is 2.08. The van der Waals surface area contributed by atoms with Crippen LogP contribution in [0.4, 0.5) is 4.79 Å². The smallest absolute Gasteiger partial charge is 0.317 e. The quantitative estimate of drug-likeness (QED) is 0.848. The number of urea groups is 1. The van der Waals surface area contributed by atoms with Crippen LogP contribution in [0.3, 0.4) is 0 Å². The van der Waals surface area contributed by atoms with Gasteiger partial charge in [-0.3, -0.25) is 4.79 Å². The SMILES string of the molecule is NC(=O)c1cccc2c1CCN(C(=O)NCCC1COc3ccccc3O1)C2. The van der Waals surface area contributed by atoms with Crippen LogP contribution < -0.4 is 20.5 Å². The zero-order valence-corrected chi connectivity index (χ0v) is 15.5. The van der Waals surface area contributed by atoms with Crippen LogP contribution in [0.15, 0.2) is 42.5 Å². The molecule has 4 rings (SSSR count). The highest BCUT2D eigenvalue weighted by Crippen LogP contribution is 2.31. The van der Waals surface area contributed by atoms with Gasteiger partial charge in [0.25, 0.3) is 0 Å². The molecule has 0 saturated heterocycles. The molecule has 0 fully saturated rings. The monoisotopic (exact) mass is 381 g/mol. The summed E-state index contributed by atoms with van der Waals surface area (Å²) in [6.07, 6.45) is 1.20. The molecule has 0 radical (unpaired) electrons. The fourth-order valence-electron chi connectivity index (χ4n) is 3.67. The van der Waals surface area contributed by atoms with Crippen molar-refractivity contribution >= 4 is 11.9 Å². The number of nitrogens with two attached hydrogens (primary N) is 1. The molecule has 0 aromatic heterocycles. The summed E-state index contributed by atoms with van der Waals surface area (Å²) < 4.78 is 11.6. The van der Waals surface area contributed by atoms with Gasteiger partial charge >= 0.3 is 6.03 Å². The number of carbonyl (C=O) groups excluding carboxylic acids is 2. The molecule has 0 bridgehead atoms. The first-order chi connectivity index (χ1) is 13.6.